The predicted octanol–water partition coefficient (Wildman–Crippen LogP) is 3.34. The van der Waals surface area contributed by atoms with E-state index in [0.717, 1.165) is 11.1 Å². The van der Waals surface area contributed by atoms with Crippen LogP contribution in [0.2, 0.25) is 0 Å². The highest BCUT2D eigenvalue weighted by atomic mass is 16.3. The third-order valence-electron chi connectivity index (χ3n) is 2.42. The van der Waals surface area contributed by atoms with E-state index in [9.17, 15) is 10.2 Å². The van der Waals surface area contributed by atoms with E-state index in [-0.39, 0.29) is 11.5 Å². The Hall–Kier alpha value is -1.18. The van der Waals surface area contributed by atoms with Gasteiger partial charge in [0.15, 0.2) is 11.5 Å². The third kappa shape index (κ3) is 2.00. The van der Waals surface area contributed by atoms with Crippen molar-refractivity contribution in [2.75, 3.05) is 0 Å². The zero-order valence-corrected chi connectivity index (χ0v) is 9.20. The van der Waals surface area contributed by atoms with Gasteiger partial charge < -0.3 is 10.2 Å². The minimum absolute atomic E-state index is 0.0295. The summed E-state index contributed by atoms with van der Waals surface area (Å²) in [5, 5.41) is 18.8. The van der Waals surface area contributed by atoms with Crippen LogP contribution in [0.4, 0.5) is 0 Å². The Morgan fingerprint density at radius 1 is 0.786 bits per heavy atom. The van der Waals surface area contributed by atoms with Gasteiger partial charge >= 0.3 is 0 Å². The number of phenolic OH excluding ortho intramolecular Hbond substituents is 2. The van der Waals surface area contributed by atoms with Crippen molar-refractivity contribution in [2.45, 2.75) is 39.5 Å². The first-order valence-electron chi connectivity index (χ1n) is 4.99. The van der Waals surface area contributed by atoms with Crippen LogP contribution in [0.15, 0.2) is 12.1 Å². The SMILES string of the molecule is CC(C)c1cc(O)c(O)cc1C(C)C. The van der Waals surface area contributed by atoms with Crippen molar-refractivity contribution in [1.82, 2.24) is 0 Å². The fourth-order valence-electron chi connectivity index (χ4n) is 1.61. The lowest BCUT2D eigenvalue weighted by Gasteiger charge is -2.16. The molecule has 0 amide bonds. The number of hydrogen-bond acceptors (Lipinski definition) is 2. The lowest BCUT2D eigenvalue weighted by atomic mass is 9.90. The minimum atomic E-state index is -0.0295. The average Bonchev–Trinajstić information content (AvgIpc) is 2.08. The molecule has 0 atom stereocenters. The molecule has 0 aliphatic heterocycles. The number of benzene rings is 1. The van der Waals surface area contributed by atoms with Gasteiger partial charge in [-0.05, 0) is 35.1 Å². The Morgan fingerprint density at radius 2 is 1.07 bits per heavy atom. The van der Waals surface area contributed by atoms with E-state index in [1.54, 1.807) is 12.1 Å². The minimum Gasteiger partial charge on any atom is -0.504 e. The van der Waals surface area contributed by atoms with Crippen LogP contribution in [0.5, 0.6) is 11.5 Å². The van der Waals surface area contributed by atoms with Gasteiger partial charge in [-0.2, -0.15) is 0 Å². The van der Waals surface area contributed by atoms with Crippen molar-refractivity contribution in [3.8, 4) is 11.5 Å². The summed E-state index contributed by atoms with van der Waals surface area (Å²) in [7, 11) is 0. The molecule has 2 nitrogen and oxygen atoms in total. The van der Waals surface area contributed by atoms with E-state index in [1.807, 2.05) is 0 Å². The van der Waals surface area contributed by atoms with Crippen LogP contribution in [-0.4, -0.2) is 10.2 Å². The van der Waals surface area contributed by atoms with E-state index in [0.29, 0.717) is 11.8 Å². The third-order valence-corrected chi connectivity index (χ3v) is 2.42. The highest BCUT2D eigenvalue weighted by Gasteiger charge is 2.13. The molecule has 0 aliphatic carbocycles. The molecule has 0 aliphatic rings. The number of aromatic hydroxyl groups is 2. The molecule has 0 fully saturated rings. The van der Waals surface area contributed by atoms with Gasteiger partial charge in [-0.3, -0.25) is 0 Å². The standard InChI is InChI=1S/C12H18O2/c1-7(2)9-5-11(13)12(14)6-10(9)8(3)4/h5-8,13-14H,1-4H3. The molecule has 0 saturated heterocycles. The molecule has 1 aromatic carbocycles. The van der Waals surface area contributed by atoms with Crippen molar-refractivity contribution < 1.29 is 10.2 Å². The van der Waals surface area contributed by atoms with E-state index in [4.69, 9.17) is 0 Å². The zero-order chi connectivity index (χ0) is 10.9. The fraction of sp³-hybridized carbons (Fsp3) is 0.500. The van der Waals surface area contributed by atoms with Crippen LogP contribution in [0.3, 0.4) is 0 Å². The molecule has 0 aromatic heterocycles. The maximum Gasteiger partial charge on any atom is 0.157 e. The Bertz CT molecular complexity index is 294. The summed E-state index contributed by atoms with van der Waals surface area (Å²) in [6, 6.07) is 3.32. The molecule has 14 heavy (non-hydrogen) atoms. The van der Waals surface area contributed by atoms with Crippen LogP contribution in [0, 0.1) is 0 Å². The largest absolute Gasteiger partial charge is 0.504 e. The molecule has 0 bridgehead atoms. The molecule has 2 N–H and O–H groups in total. The Balaban J connectivity index is 3.31. The first-order valence-corrected chi connectivity index (χ1v) is 4.99. The maximum absolute atomic E-state index is 9.41. The molecule has 0 radical (unpaired) electrons. The molecule has 0 unspecified atom stereocenters. The zero-order valence-electron chi connectivity index (χ0n) is 9.20. The fourth-order valence-corrected chi connectivity index (χ4v) is 1.61. The summed E-state index contributed by atoms with van der Waals surface area (Å²) in [5.41, 5.74) is 2.21. The van der Waals surface area contributed by atoms with Crippen molar-refractivity contribution in [1.29, 1.82) is 0 Å². The second-order valence-corrected chi connectivity index (χ2v) is 4.28. The number of hydrogen-bond donors (Lipinski definition) is 2. The van der Waals surface area contributed by atoms with Gasteiger partial charge in [-0.1, -0.05) is 27.7 Å². The molecule has 0 spiro atoms. The second-order valence-electron chi connectivity index (χ2n) is 4.28. The summed E-state index contributed by atoms with van der Waals surface area (Å²) in [6.07, 6.45) is 0. The van der Waals surface area contributed by atoms with E-state index < -0.39 is 0 Å². The van der Waals surface area contributed by atoms with Crippen LogP contribution in [0.25, 0.3) is 0 Å². The smallest absolute Gasteiger partial charge is 0.157 e. The molecule has 0 heterocycles. The molecule has 2 heteroatoms. The lowest BCUT2D eigenvalue weighted by molar-refractivity contribution is 0.401. The second kappa shape index (κ2) is 3.91. The van der Waals surface area contributed by atoms with Crippen LogP contribution in [-0.2, 0) is 0 Å². The van der Waals surface area contributed by atoms with Crippen molar-refractivity contribution in [3.63, 3.8) is 0 Å². The summed E-state index contributed by atoms with van der Waals surface area (Å²) in [5.74, 6) is 0.661. The molecule has 78 valence electrons. The van der Waals surface area contributed by atoms with Crippen molar-refractivity contribution >= 4 is 0 Å². The highest BCUT2D eigenvalue weighted by Crippen LogP contribution is 2.35. The van der Waals surface area contributed by atoms with Crippen molar-refractivity contribution in [2.24, 2.45) is 0 Å². The quantitative estimate of drug-likeness (QED) is 0.709. The maximum atomic E-state index is 9.41. The van der Waals surface area contributed by atoms with Crippen LogP contribution < -0.4 is 0 Å². The van der Waals surface area contributed by atoms with E-state index in [2.05, 4.69) is 27.7 Å². The Kier molecular flexibility index (Phi) is 3.04. The Labute approximate surface area is 85.2 Å². The monoisotopic (exact) mass is 194 g/mol. The molecule has 1 rings (SSSR count). The topological polar surface area (TPSA) is 40.5 Å². The summed E-state index contributed by atoms with van der Waals surface area (Å²) < 4.78 is 0. The molecular formula is C12H18O2. The van der Waals surface area contributed by atoms with Gasteiger partial charge in [-0.25, -0.2) is 0 Å². The summed E-state index contributed by atoms with van der Waals surface area (Å²) in [6.45, 7) is 8.32. The van der Waals surface area contributed by atoms with Gasteiger partial charge in [0.1, 0.15) is 0 Å². The first-order chi connectivity index (χ1) is 6.43. The number of rotatable bonds is 2. The van der Waals surface area contributed by atoms with Gasteiger partial charge in [0.2, 0.25) is 0 Å². The molecular weight excluding hydrogens is 176 g/mol. The molecule has 1 aromatic rings. The predicted molar refractivity (Wildman–Crippen MR) is 57.9 cm³/mol. The number of phenols is 2. The van der Waals surface area contributed by atoms with Crippen molar-refractivity contribution in [3.05, 3.63) is 23.3 Å². The van der Waals surface area contributed by atoms with Crippen LogP contribution >= 0.6 is 0 Å². The lowest BCUT2D eigenvalue weighted by Crippen LogP contribution is -1.98. The average molecular weight is 194 g/mol. The van der Waals surface area contributed by atoms with Gasteiger partial charge in [0, 0.05) is 0 Å². The summed E-state index contributed by atoms with van der Waals surface area (Å²) in [4.78, 5) is 0. The Morgan fingerprint density at radius 3 is 1.29 bits per heavy atom. The molecule has 0 saturated carbocycles. The van der Waals surface area contributed by atoms with Gasteiger partial charge in [0.05, 0.1) is 0 Å². The van der Waals surface area contributed by atoms with Gasteiger partial charge in [-0.15, -0.1) is 0 Å². The normalized spacial score (nSPS) is 11.3. The van der Waals surface area contributed by atoms with E-state index >= 15 is 0 Å². The van der Waals surface area contributed by atoms with Gasteiger partial charge in [0.25, 0.3) is 0 Å². The van der Waals surface area contributed by atoms with Crippen LogP contribution in [0.1, 0.15) is 50.7 Å². The first kappa shape index (κ1) is 10.9. The highest BCUT2D eigenvalue weighted by molar-refractivity contribution is 5.47. The summed E-state index contributed by atoms with van der Waals surface area (Å²) >= 11 is 0. The van der Waals surface area contributed by atoms with E-state index in [1.165, 1.54) is 0 Å².